The number of anilines is 3. The summed E-state index contributed by atoms with van der Waals surface area (Å²) in [5.74, 6) is 3.28. The van der Waals surface area contributed by atoms with Crippen molar-refractivity contribution in [3.63, 3.8) is 0 Å². The zero-order valence-electron chi connectivity index (χ0n) is 16.9. The highest BCUT2D eigenvalue weighted by atomic mass is 16.7. The predicted octanol–water partition coefficient (Wildman–Crippen LogP) is 4.49. The number of benzene rings is 2. The summed E-state index contributed by atoms with van der Waals surface area (Å²) in [5, 5.41) is 12.0. The number of nitrogens with one attached hydrogen (secondary N) is 2. The van der Waals surface area contributed by atoms with Gasteiger partial charge in [-0.05, 0) is 36.4 Å². The number of hydrogen-bond acceptors (Lipinski definition) is 8. The lowest BCUT2D eigenvalue weighted by Gasteiger charge is -2.11. The molecule has 0 amide bonds. The van der Waals surface area contributed by atoms with Crippen LogP contribution in [0, 0.1) is 0 Å². The van der Waals surface area contributed by atoms with Gasteiger partial charge in [-0.15, -0.1) is 0 Å². The molecule has 0 atom stereocenters. The van der Waals surface area contributed by atoms with Crippen molar-refractivity contribution in [3.05, 3.63) is 78.9 Å². The van der Waals surface area contributed by atoms with Gasteiger partial charge in [0.2, 0.25) is 12.7 Å². The minimum atomic E-state index is 0.223. The van der Waals surface area contributed by atoms with Gasteiger partial charge in [-0.3, -0.25) is 0 Å². The van der Waals surface area contributed by atoms with Gasteiger partial charge in [0.15, 0.2) is 17.1 Å². The van der Waals surface area contributed by atoms with E-state index in [9.17, 15) is 0 Å². The molecule has 6 rings (SSSR count). The van der Waals surface area contributed by atoms with Crippen molar-refractivity contribution in [2.24, 2.45) is 0 Å². The third-order valence-corrected chi connectivity index (χ3v) is 5.07. The molecule has 4 heterocycles. The molecule has 0 bridgehead atoms. The summed E-state index contributed by atoms with van der Waals surface area (Å²) >= 11 is 0. The molecule has 32 heavy (non-hydrogen) atoms. The molecule has 5 aromatic rings. The van der Waals surface area contributed by atoms with E-state index < -0.39 is 0 Å². The van der Waals surface area contributed by atoms with Gasteiger partial charge in [0.25, 0.3) is 0 Å². The van der Waals surface area contributed by atoms with E-state index in [-0.39, 0.29) is 6.79 Å². The van der Waals surface area contributed by atoms with Gasteiger partial charge in [0.1, 0.15) is 11.6 Å². The Morgan fingerprint density at radius 3 is 2.72 bits per heavy atom. The van der Waals surface area contributed by atoms with Gasteiger partial charge < -0.3 is 24.5 Å². The van der Waals surface area contributed by atoms with Crippen molar-refractivity contribution >= 4 is 28.5 Å². The third-order valence-electron chi connectivity index (χ3n) is 5.07. The molecule has 0 spiro atoms. The number of aromatic nitrogens is 4. The van der Waals surface area contributed by atoms with Crippen molar-refractivity contribution in [2.75, 3.05) is 17.4 Å². The number of ether oxygens (including phenoxy) is 2. The van der Waals surface area contributed by atoms with Crippen molar-refractivity contribution < 1.29 is 13.9 Å². The highest BCUT2D eigenvalue weighted by Gasteiger charge is 2.17. The summed E-state index contributed by atoms with van der Waals surface area (Å²) in [5.41, 5.74) is 2.40. The first-order chi connectivity index (χ1) is 15.8. The quantitative estimate of drug-likeness (QED) is 0.410. The highest BCUT2D eigenvalue weighted by molar-refractivity contribution is 5.90. The second-order valence-corrected chi connectivity index (χ2v) is 7.15. The molecule has 0 unspecified atom stereocenters. The number of hydrogen-bond donors (Lipinski definition) is 2. The smallest absolute Gasteiger partial charge is 0.231 e. The molecule has 1 aliphatic heterocycles. The Bertz CT molecular complexity index is 1380. The van der Waals surface area contributed by atoms with Crippen molar-refractivity contribution in [2.45, 2.75) is 6.54 Å². The normalized spacial score (nSPS) is 12.2. The molecule has 158 valence electrons. The standard InChI is InChI=1S/C23H18N6O3/c1-2-5-16(6-3-1)29-22-18(13-25-29)21(26-15-8-9-19-20(11-15)32-14-31-19)27-23(28-22)24-12-17-7-4-10-30-17/h1-11,13H,12,14H2,(H2,24,26,27,28). The zero-order chi connectivity index (χ0) is 21.3. The lowest BCUT2D eigenvalue weighted by Crippen LogP contribution is -2.07. The van der Waals surface area contributed by atoms with E-state index in [4.69, 9.17) is 23.9 Å². The maximum absolute atomic E-state index is 5.50. The van der Waals surface area contributed by atoms with E-state index >= 15 is 0 Å². The summed E-state index contributed by atoms with van der Waals surface area (Å²) in [6, 6.07) is 19.3. The fraction of sp³-hybridized carbons (Fsp3) is 0.0870. The predicted molar refractivity (Wildman–Crippen MR) is 119 cm³/mol. The number of para-hydroxylation sites is 1. The Morgan fingerprint density at radius 1 is 0.938 bits per heavy atom. The molecule has 0 fully saturated rings. The first-order valence-corrected chi connectivity index (χ1v) is 10.1. The third kappa shape index (κ3) is 3.35. The fourth-order valence-corrected chi connectivity index (χ4v) is 3.53. The van der Waals surface area contributed by atoms with Crippen molar-refractivity contribution in [1.29, 1.82) is 0 Å². The summed E-state index contributed by atoms with van der Waals surface area (Å²) in [7, 11) is 0. The van der Waals surface area contributed by atoms with Crippen LogP contribution in [0.2, 0.25) is 0 Å². The van der Waals surface area contributed by atoms with Crippen LogP contribution in [0.5, 0.6) is 11.5 Å². The van der Waals surface area contributed by atoms with Crippen LogP contribution >= 0.6 is 0 Å². The summed E-state index contributed by atoms with van der Waals surface area (Å²) < 4.78 is 18.1. The second-order valence-electron chi connectivity index (χ2n) is 7.15. The van der Waals surface area contributed by atoms with Crippen molar-refractivity contribution in [3.8, 4) is 17.2 Å². The molecular formula is C23H18N6O3. The molecule has 9 nitrogen and oxygen atoms in total. The number of rotatable bonds is 6. The molecule has 1 aliphatic rings. The molecule has 0 saturated carbocycles. The fourth-order valence-electron chi connectivity index (χ4n) is 3.53. The lowest BCUT2D eigenvalue weighted by molar-refractivity contribution is 0.174. The molecule has 0 radical (unpaired) electrons. The molecule has 2 aromatic carbocycles. The van der Waals surface area contributed by atoms with Crippen LogP contribution in [0.4, 0.5) is 17.5 Å². The monoisotopic (exact) mass is 426 g/mol. The van der Waals surface area contributed by atoms with Gasteiger partial charge in [-0.2, -0.15) is 15.1 Å². The van der Waals surface area contributed by atoms with Crippen LogP contribution in [-0.4, -0.2) is 26.5 Å². The molecule has 0 aliphatic carbocycles. The zero-order valence-corrected chi connectivity index (χ0v) is 16.9. The average Bonchev–Trinajstić information content (AvgIpc) is 3.58. The van der Waals surface area contributed by atoms with Crippen molar-refractivity contribution in [1.82, 2.24) is 19.7 Å². The first kappa shape index (κ1) is 18.3. The van der Waals surface area contributed by atoms with E-state index in [1.165, 1.54) is 0 Å². The molecule has 3 aromatic heterocycles. The SMILES string of the molecule is c1ccc(-n2ncc3c(Nc4ccc5c(c4)OCO5)nc(NCc4ccco4)nc32)cc1. The van der Waals surface area contributed by atoms with Gasteiger partial charge in [-0.25, -0.2) is 4.68 Å². The Balaban J connectivity index is 1.41. The van der Waals surface area contributed by atoms with E-state index in [0.29, 0.717) is 29.7 Å². The maximum atomic E-state index is 5.50. The summed E-state index contributed by atoms with van der Waals surface area (Å²) in [6.07, 6.45) is 3.39. The van der Waals surface area contributed by atoms with Gasteiger partial charge in [-0.1, -0.05) is 18.2 Å². The molecular weight excluding hydrogens is 408 g/mol. The van der Waals surface area contributed by atoms with Gasteiger partial charge in [0.05, 0.1) is 30.1 Å². The second kappa shape index (κ2) is 7.62. The van der Waals surface area contributed by atoms with Crippen LogP contribution in [0.3, 0.4) is 0 Å². The Morgan fingerprint density at radius 2 is 1.84 bits per heavy atom. The minimum absolute atomic E-state index is 0.223. The largest absolute Gasteiger partial charge is 0.467 e. The minimum Gasteiger partial charge on any atom is -0.467 e. The maximum Gasteiger partial charge on any atom is 0.231 e. The summed E-state index contributed by atoms with van der Waals surface area (Å²) in [4.78, 5) is 9.42. The van der Waals surface area contributed by atoms with Crippen LogP contribution in [0.15, 0.2) is 77.5 Å². The topological polar surface area (TPSA) is 99.3 Å². The van der Waals surface area contributed by atoms with E-state index in [1.807, 2.05) is 60.7 Å². The Hall–Kier alpha value is -4.53. The van der Waals surface area contributed by atoms with Gasteiger partial charge in [0, 0.05) is 11.8 Å². The Kier molecular flexibility index (Phi) is 4.35. The molecule has 2 N–H and O–H groups in total. The number of nitrogens with zero attached hydrogens (tertiary/aromatic N) is 4. The van der Waals surface area contributed by atoms with Crippen LogP contribution in [0.1, 0.15) is 5.76 Å². The van der Waals surface area contributed by atoms with E-state index in [1.54, 1.807) is 17.1 Å². The van der Waals surface area contributed by atoms with E-state index in [0.717, 1.165) is 28.3 Å². The van der Waals surface area contributed by atoms with Gasteiger partial charge >= 0.3 is 0 Å². The summed E-state index contributed by atoms with van der Waals surface area (Å²) in [6.45, 7) is 0.683. The average molecular weight is 426 g/mol. The lowest BCUT2D eigenvalue weighted by atomic mass is 10.2. The number of furan rings is 1. The van der Waals surface area contributed by atoms with Crippen LogP contribution < -0.4 is 20.1 Å². The van der Waals surface area contributed by atoms with Crippen LogP contribution in [-0.2, 0) is 6.54 Å². The molecule has 9 heteroatoms. The van der Waals surface area contributed by atoms with E-state index in [2.05, 4.69) is 15.7 Å². The highest BCUT2D eigenvalue weighted by Crippen LogP contribution is 2.36. The number of fused-ring (bicyclic) bond motifs is 2. The molecule has 0 saturated heterocycles. The van der Waals surface area contributed by atoms with Crippen LogP contribution in [0.25, 0.3) is 16.7 Å². The first-order valence-electron chi connectivity index (χ1n) is 10.1. The Labute approximate surface area is 182 Å².